The summed E-state index contributed by atoms with van der Waals surface area (Å²) in [5, 5.41) is 48.4. The van der Waals surface area contributed by atoms with Gasteiger partial charge in [0.05, 0.1) is 24.9 Å². The average Bonchev–Trinajstić information content (AvgIpc) is 4.03. The van der Waals surface area contributed by atoms with Crippen LogP contribution in [0.1, 0.15) is 55.2 Å². The second-order valence-corrected chi connectivity index (χ2v) is 13.8. The van der Waals surface area contributed by atoms with Crippen molar-refractivity contribution in [2.75, 3.05) is 26.0 Å². The van der Waals surface area contributed by atoms with Crippen molar-refractivity contribution >= 4 is 17.7 Å². The fourth-order valence-electron chi connectivity index (χ4n) is 5.52. The smallest absolute Gasteiger partial charge is 0.222 e. The number of amides is 1. The van der Waals surface area contributed by atoms with Crippen molar-refractivity contribution in [3.05, 3.63) is 77.6 Å². The van der Waals surface area contributed by atoms with Crippen molar-refractivity contribution in [1.82, 2.24) is 9.88 Å². The number of hydrogen-bond donors (Lipinski definition) is 5. The first-order chi connectivity index (χ1) is 22.6. The lowest BCUT2D eigenvalue weighted by Crippen LogP contribution is -2.49. The molecule has 47 heavy (non-hydrogen) atoms. The number of nitrogens with zero attached hydrogens (tertiary/aromatic N) is 2. The van der Waals surface area contributed by atoms with E-state index in [4.69, 9.17) is 14.6 Å². The number of benzene rings is 2. The first kappa shape index (κ1) is 35.3. The summed E-state index contributed by atoms with van der Waals surface area (Å²) in [7, 11) is 1.51. The van der Waals surface area contributed by atoms with E-state index in [0.29, 0.717) is 24.9 Å². The summed E-state index contributed by atoms with van der Waals surface area (Å²) in [5.74, 6) is 1.40. The van der Waals surface area contributed by atoms with E-state index in [1.54, 1.807) is 11.8 Å². The van der Waals surface area contributed by atoms with E-state index in [2.05, 4.69) is 42.2 Å². The highest BCUT2D eigenvalue weighted by atomic mass is 32.2. The molecule has 1 amide bonds. The van der Waals surface area contributed by atoms with Crippen LogP contribution < -0.4 is 4.74 Å². The van der Waals surface area contributed by atoms with Crippen LogP contribution >= 0.6 is 11.8 Å². The highest BCUT2D eigenvalue weighted by Crippen LogP contribution is 2.53. The molecule has 2 aromatic carbocycles. The highest BCUT2D eigenvalue weighted by Gasteiger charge is 2.47. The van der Waals surface area contributed by atoms with Gasteiger partial charge in [-0.05, 0) is 85.7 Å². The minimum Gasteiger partial charge on any atom is -0.490 e. The van der Waals surface area contributed by atoms with Gasteiger partial charge in [-0.15, -0.1) is 11.8 Å². The van der Waals surface area contributed by atoms with Gasteiger partial charge >= 0.3 is 0 Å². The molecule has 5 rings (SSSR count). The molecule has 10 nitrogen and oxygen atoms in total. The Morgan fingerprint density at radius 3 is 2.51 bits per heavy atom. The molecule has 5 N–H and O–H groups in total. The Morgan fingerprint density at radius 2 is 1.79 bits per heavy atom. The van der Waals surface area contributed by atoms with Gasteiger partial charge in [0.2, 0.25) is 5.91 Å². The Labute approximate surface area is 280 Å². The molecule has 1 heterocycles. The van der Waals surface area contributed by atoms with Gasteiger partial charge in [0.1, 0.15) is 30.2 Å². The van der Waals surface area contributed by atoms with E-state index in [9.17, 15) is 25.2 Å². The standard InChI is InChI=1S/C36H46N2O8S/c1-23-9-12-26(47-17-5-8-33(42)38(2)20-30(40)34(43)35(44)31(41)21-39)18-24(23)22-45-36(14-15-36)29-19-37-16-13-27(29)28-6-3-4-7-32(28)46-25-10-11-25/h3-4,6-7,9,12-13,16,18-19,25,30-31,34-35,39-41,43-44H,5,8,10-11,14-15,17,20-22H2,1-2H3/t30-,31+,34+,35+/m0/s1. The van der Waals surface area contributed by atoms with Gasteiger partial charge in [0.25, 0.3) is 0 Å². The number of hydrogen-bond acceptors (Lipinski definition) is 10. The fourth-order valence-corrected chi connectivity index (χ4v) is 6.44. The third kappa shape index (κ3) is 9.11. The number of ether oxygens (including phenoxy) is 2. The van der Waals surface area contributed by atoms with Crippen LogP contribution in [0.3, 0.4) is 0 Å². The molecule has 11 heteroatoms. The number of thioether (sulfide) groups is 1. The topological polar surface area (TPSA) is 153 Å². The summed E-state index contributed by atoms with van der Waals surface area (Å²) in [6.07, 6.45) is 2.48. The lowest BCUT2D eigenvalue weighted by Gasteiger charge is -2.28. The molecule has 4 atom stereocenters. The number of likely N-dealkylation sites (N-methyl/N-ethyl adjacent to an activating group) is 1. The minimum absolute atomic E-state index is 0.210. The number of carbonyl (C=O) groups excluding carboxylic acids is 1. The molecule has 2 aliphatic carbocycles. The SMILES string of the molecule is Cc1ccc(SCCCC(=O)N(C)C[C@H](O)[C@@H](O)[C@H](O)[C@H](O)CO)cc1COC1(c2cnccc2-c2ccccc2OC2CC2)CC1. The first-order valence-corrected chi connectivity index (χ1v) is 17.2. The molecule has 3 aromatic rings. The molecule has 0 unspecified atom stereocenters. The number of aliphatic hydroxyl groups excluding tert-OH is 5. The number of carbonyl (C=O) groups is 1. The summed E-state index contributed by atoms with van der Waals surface area (Å²) in [5.41, 5.74) is 5.12. The number of para-hydroxylation sites is 1. The molecular formula is C36H46N2O8S. The maximum atomic E-state index is 12.6. The van der Waals surface area contributed by atoms with Gasteiger partial charge in [0.15, 0.2) is 0 Å². The lowest BCUT2D eigenvalue weighted by atomic mass is 9.96. The molecule has 0 radical (unpaired) electrons. The largest absolute Gasteiger partial charge is 0.490 e. The van der Waals surface area contributed by atoms with Crippen LogP contribution in [0.2, 0.25) is 0 Å². The molecule has 2 aliphatic rings. The van der Waals surface area contributed by atoms with Crippen molar-refractivity contribution in [2.45, 2.75) is 93.1 Å². The molecule has 2 saturated carbocycles. The number of pyridine rings is 1. The zero-order valence-corrected chi connectivity index (χ0v) is 27.8. The first-order valence-electron chi connectivity index (χ1n) is 16.3. The van der Waals surface area contributed by atoms with Gasteiger partial charge in [0, 0.05) is 48.4 Å². The molecule has 1 aromatic heterocycles. The van der Waals surface area contributed by atoms with Crippen LogP contribution in [-0.2, 0) is 21.7 Å². The van der Waals surface area contributed by atoms with Crippen LogP contribution in [0.4, 0.5) is 0 Å². The van der Waals surface area contributed by atoms with E-state index >= 15 is 0 Å². The number of aryl methyl sites for hydroxylation is 1. The summed E-state index contributed by atoms with van der Waals surface area (Å²) >= 11 is 1.66. The Hall–Kier alpha value is -3.03. The van der Waals surface area contributed by atoms with E-state index < -0.39 is 36.6 Å². The highest BCUT2D eigenvalue weighted by molar-refractivity contribution is 7.99. The molecule has 0 aliphatic heterocycles. The summed E-state index contributed by atoms with van der Waals surface area (Å²) in [4.78, 5) is 19.4. The monoisotopic (exact) mass is 666 g/mol. The quantitative estimate of drug-likeness (QED) is 0.101. The van der Waals surface area contributed by atoms with Gasteiger partial charge in [-0.25, -0.2) is 0 Å². The fraction of sp³-hybridized carbons (Fsp3) is 0.500. The van der Waals surface area contributed by atoms with Crippen molar-refractivity contribution in [3.63, 3.8) is 0 Å². The maximum absolute atomic E-state index is 12.6. The van der Waals surface area contributed by atoms with Crippen LogP contribution in [0, 0.1) is 6.92 Å². The predicted molar refractivity (Wildman–Crippen MR) is 179 cm³/mol. The molecule has 0 saturated heterocycles. The zero-order chi connectivity index (χ0) is 33.6. The Kier molecular flexibility index (Phi) is 11.9. The number of aliphatic hydroxyl groups is 5. The molecule has 0 spiro atoms. The second kappa shape index (κ2) is 15.9. The molecule has 254 valence electrons. The lowest BCUT2D eigenvalue weighted by molar-refractivity contribution is -0.138. The van der Waals surface area contributed by atoms with Gasteiger partial charge in [-0.3, -0.25) is 9.78 Å². The Morgan fingerprint density at radius 1 is 1.04 bits per heavy atom. The third-order valence-electron chi connectivity index (χ3n) is 8.85. The van der Waals surface area contributed by atoms with Crippen LogP contribution in [-0.4, -0.2) is 97.8 Å². The summed E-state index contributed by atoms with van der Waals surface area (Å²) in [6, 6.07) is 16.6. The summed E-state index contributed by atoms with van der Waals surface area (Å²) in [6.45, 7) is 1.58. The minimum atomic E-state index is -1.73. The Bertz CT molecular complexity index is 1500. The van der Waals surface area contributed by atoms with Gasteiger partial charge in [-0.2, -0.15) is 0 Å². The van der Waals surface area contributed by atoms with Gasteiger partial charge < -0.3 is 39.9 Å². The Balaban J connectivity index is 1.13. The molecule has 2 fully saturated rings. The van der Waals surface area contributed by atoms with Gasteiger partial charge in [-0.1, -0.05) is 24.3 Å². The normalized spacial score (nSPS) is 17.9. The van der Waals surface area contributed by atoms with E-state index in [1.807, 2.05) is 30.6 Å². The van der Waals surface area contributed by atoms with Crippen LogP contribution in [0.25, 0.3) is 11.1 Å². The number of rotatable bonds is 18. The third-order valence-corrected chi connectivity index (χ3v) is 9.93. The van der Waals surface area contributed by atoms with E-state index in [-0.39, 0.29) is 18.9 Å². The van der Waals surface area contributed by atoms with Crippen molar-refractivity contribution in [2.24, 2.45) is 0 Å². The number of aromatic nitrogens is 1. The second-order valence-electron chi connectivity index (χ2n) is 12.6. The van der Waals surface area contributed by atoms with Crippen molar-refractivity contribution in [1.29, 1.82) is 0 Å². The summed E-state index contributed by atoms with van der Waals surface area (Å²) < 4.78 is 12.9. The maximum Gasteiger partial charge on any atom is 0.222 e. The van der Waals surface area contributed by atoms with Crippen molar-refractivity contribution < 1.29 is 39.8 Å². The van der Waals surface area contributed by atoms with E-state index in [0.717, 1.165) is 64.1 Å². The van der Waals surface area contributed by atoms with Crippen molar-refractivity contribution in [3.8, 4) is 16.9 Å². The zero-order valence-electron chi connectivity index (χ0n) is 27.0. The van der Waals surface area contributed by atoms with Crippen LogP contribution in [0.5, 0.6) is 5.75 Å². The predicted octanol–water partition coefficient (Wildman–Crippen LogP) is 3.57. The van der Waals surface area contributed by atoms with E-state index in [1.165, 1.54) is 11.9 Å². The molecular weight excluding hydrogens is 620 g/mol. The van der Waals surface area contributed by atoms with Crippen LogP contribution in [0.15, 0.2) is 65.8 Å². The average molecular weight is 667 g/mol. The molecule has 0 bridgehead atoms.